The zero-order valence-corrected chi connectivity index (χ0v) is 33.1. The van der Waals surface area contributed by atoms with Gasteiger partial charge in [0.1, 0.15) is 23.7 Å². The minimum atomic E-state index is -0.771. The number of amides is 4. The molecular formula is C44H46N10O5. The number of alkyl carbamates (subject to hydrolysis) is 1. The number of H-pyrrole nitrogens is 2. The molecule has 0 spiro atoms. The van der Waals surface area contributed by atoms with Gasteiger partial charge in [0.25, 0.3) is 0 Å². The summed E-state index contributed by atoms with van der Waals surface area (Å²) in [6.45, 7) is 4.94. The maximum absolute atomic E-state index is 13.7. The van der Waals surface area contributed by atoms with Gasteiger partial charge in [0.15, 0.2) is 0 Å². The summed E-state index contributed by atoms with van der Waals surface area (Å²) in [4.78, 5) is 80.0. The van der Waals surface area contributed by atoms with E-state index in [9.17, 15) is 19.2 Å². The minimum absolute atomic E-state index is 0.116. The summed E-state index contributed by atoms with van der Waals surface area (Å²) in [5.41, 5.74) is 6.57. The number of nitrogens with zero attached hydrogens (tertiary/aromatic N) is 6. The van der Waals surface area contributed by atoms with E-state index in [0.717, 1.165) is 75.9 Å². The Morgan fingerprint density at radius 2 is 1.41 bits per heavy atom. The monoisotopic (exact) mass is 794 g/mol. The summed E-state index contributed by atoms with van der Waals surface area (Å²) in [5.74, 6) is 0.950. The highest BCUT2D eigenvalue weighted by Crippen LogP contribution is 2.36. The van der Waals surface area contributed by atoms with E-state index in [1.807, 2.05) is 80.7 Å². The molecule has 0 bridgehead atoms. The average Bonchev–Trinajstić information content (AvgIpc) is 4.11. The number of aromatic nitrogens is 6. The van der Waals surface area contributed by atoms with Crippen molar-refractivity contribution >= 4 is 35.2 Å². The fourth-order valence-electron chi connectivity index (χ4n) is 8.15. The van der Waals surface area contributed by atoms with Crippen LogP contribution in [0.5, 0.6) is 0 Å². The van der Waals surface area contributed by atoms with Gasteiger partial charge in [-0.25, -0.2) is 14.8 Å². The lowest BCUT2D eigenvalue weighted by Gasteiger charge is -2.30. The van der Waals surface area contributed by atoms with Gasteiger partial charge in [-0.2, -0.15) is 0 Å². The number of carbonyl (C=O) groups is 4. The van der Waals surface area contributed by atoms with E-state index in [0.29, 0.717) is 31.1 Å². The summed E-state index contributed by atoms with van der Waals surface area (Å²) < 4.78 is 4.76. The van der Waals surface area contributed by atoms with Gasteiger partial charge in [0.2, 0.25) is 18.2 Å². The lowest BCUT2D eigenvalue weighted by atomic mass is 10.0. The Balaban J connectivity index is 0.943. The van der Waals surface area contributed by atoms with Gasteiger partial charge >= 0.3 is 6.09 Å². The molecule has 8 rings (SSSR count). The van der Waals surface area contributed by atoms with Crippen LogP contribution in [0.3, 0.4) is 0 Å². The molecule has 6 aromatic rings. The van der Waals surface area contributed by atoms with Crippen molar-refractivity contribution in [1.29, 1.82) is 0 Å². The van der Waals surface area contributed by atoms with Crippen molar-refractivity contribution in [3.05, 3.63) is 109 Å². The smallest absolute Gasteiger partial charge is 0.407 e. The molecule has 15 heteroatoms. The van der Waals surface area contributed by atoms with Crippen molar-refractivity contribution in [1.82, 2.24) is 50.3 Å². The highest BCUT2D eigenvalue weighted by Gasteiger charge is 2.38. The van der Waals surface area contributed by atoms with Crippen molar-refractivity contribution in [2.24, 2.45) is 5.92 Å². The second-order valence-corrected chi connectivity index (χ2v) is 15.3. The van der Waals surface area contributed by atoms with Crippen LogP contribution < -0.4 is 10.6 Å². The quantitative estimate of drug-likeness (QED) is 0.103. The van der Waals surface area contributed by atoms with E-state index in [2.05, 4.69) is 36.6 Å². The molecule has 4 aromatic heterocycles. The molecule has 59 heavy (non-hydrogen) atoms. The molecule has 302 valence electrons. The Kier molecular flexibility index (Phi) is 11.2. The Labute approximate surface area is 341 Å². The van der Waals surface area contributed by atoms with Crippen molar-refractivity contribution in [3.8, 4) is 33.8 Å². The zero-order valence-electron chi connectivity index (χ0n) is 33.1. The average molecular weight is 795 g/mol. The Morgan fingerprint density at radius 3 is 2.03 bits per heavy atom. The van der Waals surface area contributed by atoms with Gasteiger partial charge in [-0.3, -0.25) is 24.4 Å². The number of methoxy groups -OCH3 is 1. The predicted molar refractivity (Wildman–Crippen MR) is 220 cm³/mol. The third-order valence-corrected chi connectivity index (χ3v) is 11.3. The van der Waals surface area contributed by atoms with Gasteiger partial charge < -0.3 is 35.1 Å². The number of aromatic amines is 2. The molecule has 4 N–H and O–H groups in total. The highest BCUT2D eigenvalue weighted by atomic mass is 16.5. The van der Waals surface area contributed by atoms with Gasteiger partial charge in [-0.15, -0.1) is 0 Å². The topological polar surface area (TPSA) is 191 Å². The van der Waals surface area contributed by atoms with Crippen LogP contribution in [0, 0.1) is 5.92 Å². The summed E-state index contributed by atoms with van der Waals surface area (Å²) in [7, 11) is 1.28. The summed E-state index contributed by atoms with van der Waals surface area (Å²) in [6.07, 6.45) is 10.3. The maximum atomic E-state index is 13.7. The molecule has 4 amide bonds. The Bertz CT molecular complexity index is 2470. The SMILES string of the molecule is COC(=O)N[C@H](C(=O)N1CCC[C@H]1c1ncc(-c2ccc(-c3ccc4cc(-c5cnc([C@@H]6CCCN6C(=O)[C@H](NC=O)c6ccccc6)[nH]5)cnc4c3)nc2)[nH]1)C(C)C. The number of pyridine rings is 2. The first kappa shape index (κ1) is 38.9. The molecule has 0 radical (unpaired) electrons. The number of nitrogens with one attached hydrogen (secondary N) is 4. The normalized spacial score (nSPS) is 17.6. The number of hydrogen-bond acceptors (Lipinski definition) is 9. The third kappa shape index (κ3) is 8.00. The van der Waals surface area contributed by atoms with Crippen LogP contribution in [0.1, 0.15) is 74.9 Å². The fourth-order valence-corrected chi connectivity index (χ4v) is 8.15. The van der Waals surface area contributed by atoms with Crippen LogP contribution in [0.4, 0.5) is 4.79 Å². The van der Waals surface area contributed by atoms with Gasteiger partial charge in [-0.1, -0.05) is 56.3 Å². The molecule has 2 fully saturated rings. The maximum Gasteiger partial charge on any atom is 0.407 e. The summed E-state index contributed by atoms with van der Waals surface area (Å²) >= 11 is 0. The number of benzene rings is 2. The molecule has 15 nitrogen and oxygen atoms in total. The van der Waals surface area contributed by atoms with Crippen molar-refractivity contribution in [3.63, 3.8) is 0 Å². The first-order valence-corrected chi connectivity index (χ1v) is 19.9. The number of likely N-dealkylation sites (tertiary alicyclic amines) is 2. The highest BCUT2D eigenvalue weighted by molar-refractivity contribution is 5.88. The predicted octanol–water partition coefficient (Wildman–Crippen LogP) is 6.27. The largest absolute Gasteiger partial charge is 0.453 e. The lowest BCUT2D eigenvalue weighted by Crippen LogP contribution is -2.51. The lowest BCUT2D eigenvalue weighted by molar-refractivity contribution is -0.136. The van der Waals surface area contributed by atoms with E-state index >= 15 is 0 Å². The molecule has 4 atom stereocenters. The van der Waals surface area contributed by atoms with E-state index in [4.69, 9.17) is 14.7 Å². The zero-order chi connectivity index (χ0) is 41.0. The summed E-state index contributed by atoms with van der Waals surface area (Å²) in [6, 6.07) is 19.4. The second-order valence-electron chi connectivity index (χ2n) is 15.3. The van der Waals surface area contributed by atoms with E-state index in [-0.39, 0.29) is 29.8 Å². The number of ether oxygens (including phenoxy) is 1. The van der Waals surface area contributed by atoms with Crippen LogP contribution in [0.15, 0.2) is 91.5 Å². The third-order valence-electron chi connectivity index (χ3n) is 11.3. The van der Waals surface area contributed by atoms with E-state index < -0.39 is 18.2 Å². The first-order chi connectivity index (χ1) is 28.7. The fraction of sp³-hybridized carbons (Fsp3) is 0.318. The van der Waals surface area contributed by atoms with E-state index in [1.54, 1.807) is 28.4 Å². The molecule has 0 saturated carbocycles. The molecule has 6 heterocycles. The van der Waals surface area contributed by atoms with Crippen LogP contribution in [0.25, 0.3) is 44.7 Å². The molecular weight excluding hydrogens is 749 g/mol. The number of imidazole rings is 2. The standard InChI is InChI=1S/C44H46N10O5/c1-26(2)38(52-44(58)59-3)42(56)53-17-7-11-36(53)40-47-23-34(50-40)30-15-16-32(45-21-30)29-14-13-28-19-31(22-46-33(28)20-29)35-24-48-41(51-35)37-12-8-18-54(37)43(57)39(49-25-55)27-9-5-4-6-10-27/h4-6,9-10,13-16,19-26,36-39H,7-8,11-12,17-18H2,1-3H3,(H,47,50)(H,48,51)(H,49,55)(H,52,58)/t36-,37-,38-,39+/m0/s1. The second kappa shape index (κ2) is 16.9. The molecule has 2 aliphatic heterocycles. The number of fused-ring (bicyclic) bond motifs is 1. The van der Waals surface area contributed by atoms with Crippen molar-refractivity contribution in [2.75, 3.05) is 20.2 Å². The minimum Gasteiger partial charge on any atom is -0.453 e. The van der Waals surface area contributed by atoms with Gasteiger partial charge in [0, 0.05) is 47.6 Å². The number of hydrogen-bond donors (Lipinski definition) is 4. The van der Waals surface area contributed by atoms with Crippen LogP contribution >= 0.6 is 0 Å². The van der Waals surface area contributed by atoms with Crippen LogP contribution in [-0.4, -0.2) is 90.3 Å². The molecule has 2 aromatic carbocycles. The van der Waals surface area contributed by atoms with Crippen LogP contribution in [0.2, 0.25) is 0 Å². The Hall–Kier alpha value is -6.90. The van der Waals surface area contributed by atoms with Crippen molar-refractivity contribution in [2.45, 2.75) is 63.7 Å². The Morgan fingerprint density at radius 1 is 0.763 bits per heavy atom. The first-order valence-electron chi connectivity index (χ1n) is 19.9. The molecule has 2 saturated heterocycles. The number of carbonyl (C=O) groups excluding carboxylic acids is 4. The summed E-state index contributed by atoms with van der Waals surface area (Å²) in [5, 5.41) is 6.34. The van der Waals surface area contributed by atoms with Gasteiger partial charge in [0.05, 0.1) is 54.2 Å². The molecule has 0 aliphatic carbocycles. The van der Waals surface area contributed by atoms with Crippen molar-refractivity contribution < 1.29 is 23.9 Å². The number of rotatable bonds is 12. The van der Waals surface area contributed by atoms with E-state index in [1.165, 1.54) is 7.11 Å². The molecule has 2 aliphatic rings. The van der Waals surface area contributed by atoms with Gasteiger partial charge in [-0.05, 0) is 61.4 Å². The molecule has 0 unspecified atom stereocenters. The van der Waals surface area contributed by atoms with Crippen LogP contribution in [-0.2, 0) is 19.1 Å².